The molecule has 2 aromatic rings. The maximum absolute atomic E-state index is 12.0. The molecule has 0 aliphatic carbocycles. The maximum atomic E-state index is 12.0. The van der Waals surface area contributed by atoms with E-state index in [0.29, 0.717) is 11.4 Å². The molecule has 0 saturated heterocycles. The average Bonchev–Trinajstić information content (AvgIpc) is 2.65. The summed E-state index contributed by atoms with van der Waals surface area (Å²) >= 11 is 0. The largest absolute Gasteiger partial charge is 0.490 e. The molecule has 0 aliphatic rings. The number of hydrogen-bond acceptors (Lipinski definition) is 3. The molecule has 5 heteroatoms. The van der Waals surface area contributed by atoms with Crippen LogP contribution >= 0.6 is 0 Å². The van der Waals surface area contributed by atoms with Gasteiger partial charge in [-0.3, -0.25) is 4.79 Å². The predicted octanol–water partition coefficient (Wildman–Crippen LogP) is 4.96. The van der Waals surface area contributed by atoms with Crippen LogP contribution in [0.1, 0.15) is 34.6 Å². The molecule has 2 rings (SSSR count). The molecule has 26 heavy (non-hydrogen) atoms. The molecule has 0 aliphatic heterocycles. The standard InChI is InChI=1S/C16H17NO3.2C2H6.CH3.Y/c1-16(19,12-20-14-10-6-3-7-11-14)15(18)17-13-8-4-2-5-9-13;2*1-2;;/h2-11,19H,12H2,1H3,(H,17,18);2*1-2H3;1H3;/q;;;-1;/t16-;;;;/m0..../s1. The zero-order valence-electron chi connectivity index (χ0n) is 16.8. The number of anilines is 1. The van der Waals surface area contributed by atoms with E-state index in [2.05, 4.69) is 5.32 Å². The summed E-state index contributed by atoms with van der Waals surface area (Å²) < 4.78 is 5.42. The van der Waals surface area contributed by atoms with Crippen molar-refractivity contribution in [3.63, 3.8) is 0 Å². The summed E-state index contributed by atoms with van der Waals surface area (Å²) in [5, 5.41) is 12.8. The van der Waals surface area contributed by atoms with Gasteiger partial charge in [0.1, 0.15) is 12.4 Å². The van der Waals surface area contributed by atoms with Gasteiger partial charge in [-0.05, 0) is 31.2 Å². The zero-order chi connectivity index (χ0) is 18.4. The average molecular weight is 435 g/mol. The summed E-state index contributed by atoms with van der Waals surface area (Å²) in [5.74, 6) is 0.111. The molecule has 2 N–H and O–H groups in total. The summed E-state index contributed by atoms with van der Waals surface area (Å²) in [5.41, 5.74) is -0.969. The normalized spacial score (nSPS) is 10.7. The van der Waals surface area contributed by atoms with Crippen LogP contribution in [0, 0.1) is 7.43 Å². The van der Waals surface area contributed by atoms with E-state index in [1.807, 2.05) is 64.1 Å². The third kappa shape index (κ3) is 11.4. The fraction of sp³-hybridized carbons (Fsp3) is 0.333. The van der Waals surface area contributed by atoms with Gasteiger partial charge >= 0.3 is 0 Å². The monoisotopic (exact) mass is 435 g/mol. The summed E-state index contributed by atoms with van der Waals surface area (Å²) in [6, 6.07) is 18.0. The van der Waals surface area contributed by atoms with E-state index < -0.39 is 11.5 Å². The molecule has 4 nitrogen and oxygen atoms in total. The van der Waals surface area contributed by atoms with Crippen LogP contribution < -0.4 is 10.1 Å². The summed E-state index contributed by atoms with van der Waals surface area (Å²) in [7, 11) is 0. The van der Waals surface area contributed by atoms with Crippen LogP contribution in [0.5, 0.6) is 5.75 Å². The third-order valence-electron chi connectivity index (χ3n) is 2.78. The van der Waals surface area contributed by atoms with Crippen LogP contribution in [-0.2, 0) is 37.5 Å². The first-order valence-corrected chi connectivity index (χ1v) is 8.35. The van der Waals surface area contributed by atoms with Crippen molar-refractivity contribution in [1.29, 1.82) is 0 Å². The fourth-order valence-electron chi connectivity index (χ4n) is 1.59. The van der Waals surface area contributed by atoms with E-state index in [4.69, 9.17) is 4.74 Å². The van der Waals surface area contributed by atoms with Gasteiger partial charge in [0.15, 0.2) is 5.60 Å². The number of carbonyl (C=O) groups excluding carboxylic acids is 1. The molecule has 2 aromatic carbocycles. The minimum Gasteiger partial charge on any atom is -0.490 e. The molecule has 0 saturated carbocycles. The van der Waals surface area contributed by atoms with Gasteiger partial charge in [-0.15, -0.1) is 0 Å². The molecule has 1 atom stereocenters. The second-order valence-electron chi connectivity index (χ2n) is 4.70. The van der Waals surface area contributed by atoms with Gasteiger partial charge in [0.05, 0.1) is 0 Å². The smallest absolute Gasteiger partial charge is 0.259 e. The van der Waals surface area contributed by atoms with E-state index >= 15 is 0 Å². The number of benzene rings is 2. The van der Waals surface area contributed by atoms with Gasteiger partial charge in [0.2, 0.25) is 0 Å². The Hall–Kier alpha value is -1.23. The molecule has 0 heterocycles. The van der Waals surface area contributed by atoms with E-state index in [0.717, 1.165) is 0 Å². The van der Waals surface area contributed by atoms with Gasteiger partial charge in [0.25, 0.3) is 5.91 Å². The van der Waals surface area contributed by atoms with E-state index in [1.165, 1.54) is 6.92 Å². The number of rotatable bonds is 5. The number of hydrogen-bond donors (Lipinski definition) is 2. The Balaban J connectivity index is -0.000000824. The van der Waals surface area contributed by atoms with Crippen molar-refractivity contribution in [1.82, 2.24) is 0 Å². The van der Waals surface area contributed by atoms with Crippen LogP contribution in [0.4, 0.5) is 5.69 Å². The second-order valence-corrected chi connectivity index (χ2v) is 4.70. The van der Waals surface area contributed by atoms with Crippen molar-refractivity contribution in [3.8, 4) is 5.75 Å². The van der Waals surface area contributed by atoms with Gasteiger partial charge in [0, 0.05) is 38.4 Å². The third-order valence-corrected chi connectivity index (χ3v) is 2.78. The molecule has 1 radical (unpaired) electrons. The van der Waals surface area contributed by atoms with Gasteiger partial charge in [-0.25, -0.2) is 0 Å². The van der Waals surface area contributed by atoms with Crippen molar-refractivity contribution in [2.24, 2.45) is 0 Å². The van der Waals surface area contributed by atoms with Gasteiger partial charge in [-0.2, -0.15) is 0 Å². The first kappa shape index (κ1) is 29.5. The molecule has 0 aromatic heterocycles. The van der Waals surface area contributed by atoms with Crippen molar-refractivity contribution >= 4 is 11.6 Å². The van der Waals surface area contributed by atoms with Crippen LogP contribution in [0.2, 0.25) is 0 Å². The summed E-state index contributed by atoms with van der Waals surface area (Å²) in [6.45, 7) is 9.31. The van der Waals surface area contributed by atoms with Crippen molar-refractivity contribution < 1.29 is 47.3 Å². The van der Waals surface area contributed by atoms with Crippen LogP contribution in [0.25, 0.3) is 0 Å². The van der Waals surface area contributed by atoms with Crippen LogP contribution in [0.15, 0.2) is 60.7 Å². The maximum Gasteiger partial charge on any atom is 0.259 e. The van der Waals surface area contributed by atoms with Gasteiger partial charge in [-0.1, -0.05) is 64.1 Å². The van der Waals surface area contributed by atoms with Crippen molar-refractivity contribution in [2.75, 3.05) is 11.9 Å². The molecule has 1 amide bonds. The Labute approximate surface area is 184 Å². The minimum atomic E-state index is -1.61. The van der Waals surface area contributed by atoms with Crippen molar-refractivity contribution in [3.05, 3.63) is 68.1 Å². The number of amides is 1. The predicted molar refractivity (Wildman–Crippen MR) is 107 cm³/mol. The van der Waals surface area contributed by atoms with Gasteiger partial charge < -0.3 is 22.6 Å². The quantitative estimate of drug-likeness (QED) is 0.653. The molecule has 143 valence electrons. The number of ether oxygens (including phenoxy) is 1. The van der Waals surface area contributed by atoms with E-state index in [9.17, 15) is 9.90 Å². The van der Waals surface area contributed by atoms with E-state index in [1.54, 1.807) is 24.3 Å². The molecule has 0 unspecified atom stereocenters. The second kappa shape index (κ2) is 17.2. The first-order chi connectivity index (χ1) is 11.6. The fourth-order valence-corrected chi connectivity index (χ4v) is 1.59. The van der Waals surface area contributed by atoms with Crippen LogP contribution in [-0.4, -0.2) is 23.2 Å². The summed E-state index contributed by atoms with van der Waals surface area (Å²) in [4.78, 5) is 12.0. The van der Waals surface area contributed by atoms with Crippen molar-refractivity contribution in [2.45, 2.75) is 40.2 Å². The molecule has 0 bridgehead atoms. The Bertz CT molecular complexity index is 560. The Morgan fingerprint density at radius 2 is 1.38 bits per heavy atom. The zero-order valence-corrected chi connectivity index (χ0v) is 19.7. The molecular formula is C21H32NO3Y-. The Morgan fingerprint density at radius 1 is 0.962 bits per heavy atom. The SMILES string of the molecule is CC.CC.C[C@](O)(COc1ccccc1)C(=O)Nc1ccccc1.[CH3-].[Y]. The molecule has 0 spiro atoms. The topological polar surface area (TPSA) is 58.6 Å². The van der Waals surface area contributed by atoms with Crippen LogP contribution in [0.3, 0.4) is 0 Å². The minimum absolute atomic E-state index is 0. The van der Waals surface area contributed by atoms with E-state index in [-0.39, 0.29) is 46.7 Å². The molecular weight excluding hydrogens is 403 g/mol. The number of carbonyl (C=O) groups is 1. The number of aliphatic hydroxyl groups is 1. The first-order valence-electron chi connectivity index (χ1n) is 8.35. The number of nitrogens with one attached hydrogen (secondary N) is 1. The number of para-hydroxylation sites is 2. The molecule has 0 fully saturated rings. The Morgan fingerprint density at radius 3 is 1.85 bits per heavy atom. The Kier molecular flexibility index (Phi) is 19.5. The summed E-state index contributed by atoms with van der Waals surface area (Å²) in [6.07, 6.45) is 0.